The molecule has 1 N–H and O–H groups in total. The number of nitrogens with zero attached hydrogens (tertiary/aromatic N) is 2. The largest absolute Gasteiger partial charge is 0.481 e. The van der Waals surface area contributed by atoms with Crippen molar-refractivity contribution in [1.29, 1.82) is 0 Å². The molecule has 3 aromatic rings. The average Bonchev–Trinajstić information content (AvgIpc) is 2.87. The van der Waals surface area contributed by atoms with E-state index in [2.05, 4.69) is 10.3 Å². The average molecular weight is 504 g/mol. The van der Waals surface area contributed by atoms with E-state index in [-0.39, 0.29) is 17.6 Å². The van der Waals surface area contributed by atoms with Crippen LogP contribution in [0.5, 0.6) is 5.75 Å². The lowest BCUT2D eigenvalue weighted by Gasteiger charge is -2.41. The maximum absolute atomic E-state index is 14.2. The number of ether oxygens (including phenoxy) is 1. The maximum Gasteiger partial charge on any atom is 0.260 e. The minimum Gasteiger partial charge on any atom is -0.481 e. The summed E-state index contributed by atoms with van der Waals surface area (Å²) in [4.78, 5) is 32.1. The quantitative estimate of drug-likeness (QED) is 0.500. The number of hydrogen-bond donors (Lipinski definition) is 1. The number of halogens is 1. The minimum absolute atomic E-state index is 0.000570. The second kappa shape index (κ2) is 11.1. The zero-order valence-electron chi connectivity index (χ0n) is 21.8. The summed E-state index contributed by atoms with van der Waals surface area (Å²) >= 11 is 0. The van der Waals surface area contributed by atoms with Crippen LogP contribution in [-0.2, 0) is 22.4 Å². The lowest BCUT2D eigenvalue weighted by Crippen LogP contribution is -2.45. The Balaban J connectivity index is 1.54. The molecule has 0 aliphatic carbocycles. The summed E-state index contributed by atoms with van der Waals surface area (Å²) < 4.78 is 20.2. The summed E-state index contributed by atoms with van der Waals surface area (Å²) in [7, 11) is 0. The first-order valence-electron chi connectivity index (χ1n) is 12.7. The van der Waals surface area contributed by atoms with E-state index in [0.29, 0.717) is 37.2 Å². The fourth-order valence-electron chi connectivity index (χ4n) is 4.61. The van der Waals surface area contributed by atoms with Gasteiger partial charge in [-0.1, -0.05) is 45.0 Å². The zero-order valence-corrected chi connectivity index (χ0v) is 21.8. The van der Waals surface area contributed by atoms with Gasteiger partial charge < -0.3 is 15.0 Å². The van der Waals surface area contributed by atoms with E-state index >= 15 is 0 Å². The Morgan fingerprint density at radius 3 is 2.65 bits per heavy atom. The Hall–Kier alpha value is -3.74. The van der Waals surface area contributed by atoms with Gasteiger partial charge in [-0.2, -0.15) is 0 Å². The molecule has 7 heteroatoms. The zero-order chi connectivity index (χ0) is 26.6. The number of fused-ring (bicyclic) bond motifs is 1. The molecule has 0 bridgehead atoms. The second-order valence-corrected chi connectivity index (χ2v) is 10.4. The summed E-state index contributed by atoms with van der Waals surface area (Å²) in [5.41, 5.74) is 2.99. The molecule has 2 atom stereocenters. The molecule has 6 nitrogen and oxygen atoms in total. The van der Waals surface area contributed by atoms with Gasteiger partial charge in [0.15, 0.2) is 6.10 Å². The summed E-state index contributed by atoms with van der Waals surface area (Å²) in [5, 5.41) is 2.89. The standard InChI is InChI=1S/C30H34FN3O3/c1-20(28(35)33-16-13-24-10-5-6-15-32-24)37-25-12-11-21-14-17-34(29(36)30(2,3)4)27(26(21)19-25)22-8-7-9-23(31)18-22/h5-12,15,18-20,27H,13-14,16-17H2,1-4H3,(H,33,35)/t20-,27-/m1/s1. The highest BCUT2D eigenvalue weighted by Gasteiger charge is 2.37. The maximum atomic E-state index is 14.2. The molecule has 0 spiro atoms. The van der Waals surface area contributed by atoms with Gasteiger partial charge in [0.25, 0.3) is 5.91 Å². The van der Waals surface area contributed by atoms with Crippen molar-refractivity contribution >= 4 is 11.8 Å². The van der Waals surface area contributed by atoms with Crippen LogP contribution >= 0.6 is 0 Å². The van der Waals surface area contributed by atoms with E-state index in [9.17, 15) is 14.0 Å². The monoisotopic (exact) mass is 503 g/mol. The van der Waals surface area contributed by atoms with Gasteiger partial charge in [-0.3, -0.25) is 14.6 Å². The van der Waals surface area contributed by atoms with Gasteiger partial charge in [0.05, 0.1) is 6.04 Å². The summed E-state index contributed by atoms with van der Waals surface area (Å²) in [6.07, 6.45) is 2.33. The fraction of sp³-hybridized carbons (Fsp3) is 0.367. The van der Waals surface area contributed by atoms with Crippen LogP contribution in [0.2, 0.25) is 0 Å². The van der Waals surface area contributed by atoms with Crippen molar-refractivity contribution in [2.24, 2.45) is 5.41 Å². The fourth-order valence-corrected chi connectivity index (χ4v) is 4.61. The summed E-state index contributed by atoms with van der Waals surface area (Å²) in [6.45, 7) is 8.37. The van der Waals surface area contributed by atoms with Crippen molar-refractivity contribution in [3.05, 3.63) is 95.1 Å². The number of hydrogen-bond acceptors (Lipinski definition) is 4. The van der Waals surface area contributed by atoms with E-state index in [4.69, 9.17) is 4.74 Å². The van der Waals surface area contributed by atoms with Crippen LogP contribution < -0.4 is 10.1 Å². The van der Waals surface area contributed by atoms with Crippen molar-refractivity contribution in [2.45, 2.75) is 52.7 Å². The van der Waals surface area contributed by atoms with Gasteiger partial charge in [-0.15, -0.1) is 0 Å². The van der Waals surface area contributed by atoms with E-state index in [1.54, 1.807) is 19.2 Å². The predicted octanol–water partition coefficient (Wildman–Crippen LogP) is 4.87. The molecule has 4 rings (SSSR count). The predicted molar refractivity (Wildman–Crippen MR) is 141 cm³/mol. The number of carbonyl (C=O) groups excluding carboxylic acids is 2. The third kappa shape index (κ3) is 6.34. The van der Waals surface area contributed by atoms with E-state index in [1.165, 1.54) is 12.1 Å². The Bertz CT molecular complexity index is 1260. The van der Waals surface area contributed by atoms with Crippen LogP contribution in [0.1, 0.15) is 56.1 Å². The van der Waals surface area contributed by atoms with Crippen LogP contribution in [-0.4, -0.2) is 40.9 Å². The van der Waals surface area contributed by atoms with Crippen molar-refractivity contribution in [3.63, 3.8) is 0 Å². The Kier molecular flexibility index (Phi) is 7.91. The molecule has 0 radical (unpaired) electrons. The smallest absolute Gasteiger partial charge is 0.260 e. The first-order valence-corrected chi connectivity index (χ1v) is 12.7. The third-order valence-corrected chi connectivity index (χ3v) is 6.50. The van der Waals surface area contributed by atoms with Crippen molar-refractivity contribution in [3.8, 4) is 5.75 Å². The highest BCUT2D eigenvalue weighted by Crippen LogP contribution is 2.39. The third-order valence-electron chi connectivity index (χ3n) is 6.50. The van der Waals surface area contributed by atoms with Crippen molar-refractivity contribution in [1.82, 2.24) is 15.2 Å². The Morgan fingerprint density at radius 2 is 1.95 bits per heavy atom. The molecular weight excluding hydrogens is 469 g/mol. The van der Waals surface area contributed by atoms with E-state index in [0.717, 1.165) is 16.8 Å². The molecule has 0 saturated carbocycles. The molecule has 1 aliphatic heterocycles. The van der Waals surface area contributed by atoms with E-state index in [1.807, 2.05) is 68.1 Å². The first kappa shape index (κ1) is 26.3. The minimum atomic E-state index is -0.717. The molecule has 2 amide bonds. The molecule has 0 saturated heterocycles. The topological polar surface area (TPSA) is 71.5 Å². The van der Waals surface area contributed by atoms with Crippen molar-refractivity contribution in [2.75, 3.05) is 13.1 Å². The van der Waals surface area contributed by atoms with Crippen molar-refractivity contribution < 1.29 is 18.7 Å². The van der Waals surface area contributed by atoms with Gasteiger partial charge in [-0.05, 0) is 66.4 Å². The summed E-state index contributed by atoms with van der Waals surface area (Å²) in [6, 6.07) is 17.3. The Morgan fingerprint density at radius 1 is 1.14 bits per heavy atom. The number of carbonyl (C=O) groups is 2. The number of rotatable bonds is 7. The van der Waals surface area contributed by atoms with E-state index < -0.39 is 17.6 Å². The summed E-state index contributed by atoms with van der Waals surface area (Å²) in [5.74, 6) is -0.0481. The normalized spacial score (nSPS) is 16.0. The number of benzene rings is 2. The van der Waals surface area contributed by atoms with Gasteiger partial charge in [-0.25, -0.2) is 4.39 Å². The molecule has 2 heterocycles. The van der Waals surface area contributed by atoms with Gasteiger partial charge in [0.1, 0.15) is 11.6 Å². The molecule has 194 valence electrons. The van der Waals surface area contributed by atoms with Crippen LogP contribution in [0.3, 0.4) is 0 Å². The Labute approximate surface area is 217 Å². The van der Waals surface area contributed by atoms with Crippen LogP contribution in [0.25, 0.3) is 0 Å². The highest BCUT2D eigenvalue weighted by molar-refractivity contribution is 5.83. The molecule has 37 heavy (non-hydrogen) atoms. The molecule has 1 aromatic heterocycles. The van der Waals surface area contributed by atoms with Gasteiger partial charge >= 0.3 is 0 Å². The number of pyridine rings is 1. The molecule has 0 unspecified atom stereocenters. The lowest BCUT2D eigenvalue weighted by molar-refractivity contribution is -0.141. The van der Waals surface area contributed by atoms with Gasteiger partial charge in [0.2, 0.25) is 5.91 Å². The van der Waals surface area contributed by atoms with Crippen LogP contribution in [0.15, 0.2) is 66.9 Å². The number of aromatic nitrogens is 1. The number of nitrogens with one attached hydrogen (secondary N) is 1. The second-order valence-electron chi connectivity index (χ2n) is 10.4. The SMILES string of the molecule is C[C@@H](Oc1ccc2c(c1)[C@@H](c1cccc(F)c1)N(C(=O)C(C)(C)C)CC2)C(=O)NCCc1ccccn1. The lowest BCUT2D eigenvalue weighted by atomic mass is 9.85. The number of amides is 2. The van der Waals surface area contributed by atoms with Crippen LogP contribution in [0, 0.1) is 11.2 Å². The molecule has 0 fully saturated rings. The first-order chi connectivity index (χ1) is 17.6. The molecular formula is C30H34FN3O3. The van der Waals surface area contributed by atoms with Crippen LogP contribution in [0.4, 0.5) is 4.39 Å². The van der Waals surface area contributed by atoms with Gasteiger partial charge in [0, 0.05) is 36.8 Å². The highest BCUT2D eigenvalue weighted by atomic mass is 19.1. The molecule has 1 aliphatic rings. The molecule has 2 aromatic carbocycles.